The van der Waals surface area contributed by atoms with Crippen molar-refractivity contribution < 1.29 is 14.3 Å². The van der Waals surface area contributed by atoms with Crippen LogP contribution in [0.2, 0.25) is 0 Å². The summed E-state index contributed by atoms with van der Waals surface area (Å²) in [7, 11) is 0. The Bertz CT molecular complexity index is 509. The minimum atomic E-state index is -0.786. The van der Waals surface area contributed by atoms with Gasteiger partial charge in [0.05, 0.1) is 6.21 Å². The van der Waals surface area contributed by atoms with Crippen LogP contribution in [0.15, 0.2) is 42.0 Å². The predicted molar refractivity (Wildman–Crippen MR) is 81.2 cm³/mol. The lowest BCUT2D eigenvalue weighted by Gasteiger charge is -2.03. The first-order valence-corrected chi connectivity index (χ1v) is 6.62. The summed E-state index contributed by atoms with van der Waals surface area (Å²) >= 11 is 0. The molecule has 112 valence electrons. The third-order valence-electron chi connectivity index (χ3n) is 2.37. The van der Waals surface area contributed by atoms with Gasteiger partial charge in [-0.25, -0.2) is 5.43 Å². The molecule has 2 amide bonds. The average molecular weight is 289 g/mol. The molecule has 0 bridgehead atoms. The van der Waals surface area contributed by atoms with Gasteiger partial charge in [0.15, 0.2) is 0 Å². The zero-order valence-electron chi connectivity index (χ0n) is 12.0. The standard InChI is InChI=1S/C15H19N3O3/c1-3-9-16-14(19)15(20)18-17-11-12-5-7-13(8-6-12)21-10-4-2/h4-8,11H,2-3,9-10H2,1H3,(H,16,19)(H,18,20)/b17-11-. The van der Waals surface area contributed by atoms with Crippen LogP contribution in [0.4, 0.5) is 0 Å². The number of carbonyl (C=O) groups is 2. The summed E-state index contributed by atoms with van der Waals surface area (Å²) < 4.78 is 5.34. The fraction of sp³-hybridized carbons (Fsp3) is 0.267. The van der Waals surface area contributed by atoms with E-state index in [-0.39, 0.29) is 0 Å². The van der Waals surface area contributed by atoms with Crippen LogP contribution in [-0.4, -0.2) is 31.2 Å². The van der Waals surface area contributed by atoms with E-state index in [4.69, 9.17) is 4.74 Å². The molecule has 0 aliphatic carbocycles. The lowest BCUT2D eigenvalue weighted by molar-refractivity contribution is -0.139. The summed E-state index contributed by atoms with van der Waals surface area (Å²) in [4.78, 5) is 22.6. The van der Waals surface area contributed by atoms with Gasteiger partial charge < -0.3 is 10.1 Å². The maximum Gasteiger partial charge on any atom is 0.329 e. The van der Waals surface area contributed by atoms with Crippen molar-refractivity contribution in [1.29, 1.82) is 0 Å². The number of amides is 2. The molecule has 0 unspecified atom stereocenters. The van der Waals surface area contributed by atoms with E-state index in [0.717, 1.165) is 17.7 Å². The average Bonchev–Trinajstić information content (AvgIpc) is 2.51. The van der Waals surface area contributed by atoms with Gasteiger partial charge in [-0.3, -0.25) is 9.59 Å². The van der Waals surface area contributed by atoms with Gasteiger partial charge in [0.2, 0.25) is 0 Å². The van der Waals surface area contributed by atoms with Crippen LogP contribution >= 0.6 is 0 Å². The van der Waals surface area contributed by atoms with Crippen LogP contribution in [0.3, 0.4) is 0 Å². The van der Waals surface area contributed by atoms with Crippen LogP contribution < -0.4 is 15.5 Å². The molecule has 1 aromatic rings. The van der Waals surface area contributed by atoms with E-state index in [1.54, 1.807) is 30.3 Å². The molecule has 21 heavy (non-hydrogen) atoms. The number of rotatable bonds is 7. The van der Waals surface area contributed by atoms with Crippen molar-refractivity contribution in [2.45, 2.75) is 13.3 Å². The van der Waals surface area contributed by atoms with Crippen molar-refractivity contribution in [2.24, 2.45) is 5.10 Å². The fourth-order valence-corrected chi connectivity index (χ4v) is 1.34. The number of hydrogen-bond donors (Lipinski definition) is 2. The largest absolute Gasteiger partial charge is 0.490 e. The Kier molecular flexibility index (Phi) is 7.28. The summed E-state index contributed by atoms with van der Waals surface area (Å²) in [6.45, 7) is 6.37. The Hall–Kier alpha value is -2.63. The number of benzene rings is 1. The Balaban J connectivity index is 2.44. The van der Waals surface area contributed by atoms with E-state index < -0.39 is 11.8 Å². The number of hydrogen-bond acceptors (Lipinski definition) is 4. The van der Waals surface area contributed by atoms with Gasteiger partial charge in [-0.1, -0.05) is 19.6 Å². The molecule has 0 aliphatic rings. The maximum atomic E-state index is 11.3. The normalized spacial score (nSPS) is 10.1. The molecular weight excluding hydrogens is 270 g/mol. The van der Waals surface area contributed by atoms with E-state index >= 15 is 0 Å². The number of ether oxygens (including phenoxy) is 1. The Morgan fingerprint density at radius 2 is 2.00 bits per heavy atom. The van der Waals surface area contributed by atoms with Crippen molar-refractivity contribution in [2.75, 3.05) is 13.2 Å². The van der Waals surface area contributed by atoms with Crippen molar-refractivity contribution in [3.63, 3.8) is 0 Å². The van der Waals surface area contributed by atoms with E-state index in [0.29, 0.717) is 13.2 Å². The second-order valence-electron chi connectivity index (χ2n) is 4.12. The second kappa shape index (κ2) is 9.30. The Labute approximate surface area is 123 Å². The molecule has 6 heteroatoms. The quantitative estimate of drug-likeness (QED) is 0.343. The van der Waals surface area contributed by atoms with Gasteiger partial charge in [0.1, 0.15) is 12.4 Å². The molecule has 1 rings (SSSR count). The fourth-order valence-electron chi connectivity index (χ4n) is 1.34. The van der Waals surface area contributed by atoms with E-state index in [1.807, 2.05) is 6.92 Å². The smallest absolute Gasteiger partial charge is 0.329 e. The topological polar surface area (TPSA) is 79.8 Å². The van der Waals surface area contributed by atoms with Crippen LogP contribution in [0.25, 0.3) is 0 Å². The minimum absolute atomic E-state index is 0.441. The highest BCUT2D eigenvalue weighted by molar-refractivity contribution is 6.35. The van der Waals surface area contributed by atoms with Gasteiger partial charge in [-0.2, -0.15) is 5.10 Å². The van der Waals surface area contributed by atoms with Crippen molar-refractivity contribution in [3.8, 4) is 5.75 Å². The third-order valence-corrected chi connectivity index (χ3v) is 2.37. The van der Waals surface area contributed by atoms with E-state index in [1.165, 1.54) is 6.21 Å². The summed E-state index contributed by atoms with van der Waals surface area (Å²) in [5.41, 5.74) is 2.94. The van der Waals surface area contributed by atoms with Gasteiger partial charge in [0.25, 0.3) is 0 Å². The van der Waals surface area contributed by atoms with Crippen molar-refractivity contribution >= 4 is 18.0 Å². The van der Waals surface area contributed by atoms with E-state index in [9.17, 15) is 9.59 Å². The molecule has 0 spiro atoms. The molecular formula is C15H19N3O3. The molecule has 6 nitrogen and oxygen atoms in total. The second-order valence-corrected chi connectivity index (χ2v) is 4.12. The number of hydrazone groups is 1. The van der Waals surface area contributed by atoms with Gasteiger partial charge in [-0.05, 0) is 36.2 Å². The first-order chi connectivity index (χ1) is 10.2. The lowest BCUT2D eigenvalue weighted by Crippen LogP contribution is -2.38. The highest BCUT2D eigenvalue weighted by Crippen LogP contribution is 2.10. The molecule has 0 saturated heterocycles. The van der Waals surface area contributed by atoms with E-state index in [2.05, 4.69) is 22.4 Å². The number of nitrogens with zero attached hydrogens (tertiary/aromatic N) is 1. The van der Waals surface area contributed by atoms with Crippen molar-refractivity contribution in [3.05, 3.63) is 42.5 Å². The molecule has 0 saturated carbocycles. The van der Waals surface area contributed by atoms with Gasteiger partial charge in [0, 0.05) is 6.54 Å². The van der Waals surface area contributed by atoms with Crippen molar-refractivity contribution in [1.82, 2.24) is 10.7 Å². The number of carbonyl (C=O) groups excluding carboxylic acids is 2. The summed E-state index contributed by atoms with van der Waals surface area (Å²) in [5, 5.41) is 6.18. The zero-order valence-corrected chi connectivity index (χ0v) is 12.0. The van der Waals surface area contributed by atoms with Crippen LogP contribution in [0.1, 0.15) is 18.9 Å². The Morgan fingerprint density at radius 1 is 1.29 bits per heavy atom. The third kappa shape index (κ3) is 6.38. The van der Waals surface area contributed by atoms with Crippen LogP contribution in [0, 0.1) is 0 Å². The molecule has 0 radical (unpaired) electrons. The zero-order chi connectivity index (χ0) is 15.5. The molecule has 0 fully saturated rings. The first-order valence-electron chi connectivity index (χ1n) is 6.62. The molecule has 0 heterocycles. The highest BCUT2D eigenvalue weighted by Gasteiger charge is 2.10. The van der Waals surface area contributed by atoms with Crippen LogP contribution in [-0.2, 0) is 9.59 Å². The van der Waals surface area contributed by atoms with Crippen LogP contribution in [0.5, 0.6) is 5.75 Å². The molecule has 0 aromatic heterocycles. The molecule has 1 aromatic carbocycles. The first kappa shape index (κ1) is 16.4. The van der Waals surface area contributed by atoms with Gasteiger partial charge >= 0.3 is 11.8 Å². The lowest BCUT2D eigenvalue weighted by atomic mass is 10.2. The monoisotopic (exact) mass is 289 g/mol. The molecule has 0 atom stereocenters. The highest BCUT2D eigenvalue weighted by atomic mass is 16.5. The summed E-state index contributed by atoms with van der Waals surface area (Å²) in [5.74, 6) is -0.761. The summed E-state index contributed by atoms with van der Waals surface area (Å²) in [6.07, 6.45) is 3.87. The summed E-state index contributed by atoms with van der Waals surface area (Å²) in [6, 6.07) is 7.12. The predicted octanol–water partition coefficient (Wildman–Crippen LogP) is 1.23. The minimum Gasteiger partial charge on any atom is -0.490 e. The molecule has 0 aliphatic heterocycles. The Morgan fingerprint density at radius 3 is 2.62 bits per heavy atom. The number of nitrogens with one attached hydrogen (secondary N) is 2. The SMILES string of the molecule is C=CCOc1ccc(/C=N\NC(=O)C(=O)NCCC)cc1. The van der Waals surface area contributed by atoms with Gasteiger partial charge in [-0.15, -0.1) is 0 Å². The maximum absolute atomic E-state index is 11.3. The molecule has 2 N–H and O–H groups in total.